The molecule has 0 aromatic heterocycles. The molecular formula is C25H29NO5. The maximum atomic E-state index is 13.1. The van der Waals surface area contributed by atoms with Crippen molar-refractivity contribution in [3.05, 3.63) is 60.2 Å². The monoisotopic (exact) mass is 423 g/mol. The van der Waals surface area contributed by atoms with Gasteiger partial charge in [0.1, 0.15) is 11.6 Å². The molecule has 1 saturated heterocycles. The SMILES string of the molecule is CCOC(=O)[C@H]1C[C@H](Cc2ccc(-c3ccccc3)cc2)C(=O)N1C(=O)OC(C)(C)C. The molecule has 2 aromatic rings. The molecule has 0 N–H and O–H groups in total. The molecule has 2 amide bonds. The number of benzene rings is 2. The second-order valence-electron chi connectivity index (χ2n) is 8.66. The number of amides is 2. The highest BCUT2D eigenvalue weighted by Gasteiger charge is 2.48. The fraction of sp³-hybridized carbons (Fsp3) is 0.400. The van der Waals surface area contributed by atoms with Crippen LogP contribution >= 0.6 is 0 Å². The van der Waals surface area contributed by atoms with Crippen LogP contribution in [0.1, 0.15) is 39.7 Å². The molecule has 0 unspecified atom stereocenters. The number of carbonyl (C=O) groups is 3. The van der Waals surface area contributed by atoms with Crippen molar-refractivity contribution in [2.24, 2.45) is 5.92 Å². The highest BCUT2D eigenvalue weighted by molar-refractivity contribution is 6.00. The van der Waals surface area contributed by atoms with Crippen LogP contribution in [0.25, 0.3) is 11.1 Å². The average molecular weight is 424 g/mol. The average Bonchev–Trinajstić information content (AvgIpc) is 3.04. The Morgan fingerprint density at radius 1 is 1.00 bits per heavy atom. The number of likely N-dealkylation sites (tertiary alicyclic amines) is 1. The van der Waals surface area contributed by atoms with Crippen LogP contribution in [0.3, 0.4) is 0 Å². The van der Waals surface area contributed by atoms with Crippen LogP contribution in [0.2, 0.25) is 0 Å². The number of hydrogen-bond donors (Lipinski definition) is 0. The van der Waals surface area contributed by atoms with E-state index >= 15 is 0 Å². The van der Waals surface area contributed by atoms with Gasteiger partial charge in [-0.1, -0.05) is 54.6 Å². The molecule has 2 atom stereocenters. The molecule has 3 rings (SSSR count). The van der Waals surface area contributed by atoms with E-state index in [0.717, 1.165) is 21.6 Å². The third kappa shape index (κ3) is 5.51. The van der Waals surface area contributed by atoms with E-state index in [1.54, 1.807) is 27.7 Å². The summed E-state index contributed by atoms with van der Waals surface area (Å²) in [4.78, 5) is 39.1. The summed E-state index contributed by atoms with van der Waals surface area (Å²) in [6, 6.07) is 17.0. The first kappa shape index (κ1) is 22.5. The molecular weight excluding hydrogens is 394 g/mol. The fourth-order valence-corrected chi connectivity index (χ4v) is 3.71. The number of rotatable bonds is 5. The van der Waals surface area contributed by atoms with Gasteiger partial charge in [0.05, 0.1) is 6.61 Å². The predicted molar refractivity (Wildman–Crippen MR) is 117 cm³/mol. The van der Waals surface area contributed by atoms with Crippen LogP contribution in [-0.2, 0) is 25.5 Å². The minimum absolute atomic E-state index is 0.178. The van der Waals surface area contributed by atoms with E-state index in [4.69, 9.17) is 9.47 Å². The van der Waals surface area contributed by atoms with Crippen molar-refractivity contribution in [2.45, 2.75) is 52.2 Å². The number of ether oxygens (including phenoxy) is 2. The van der Waals surface area contributed by atoms with Crippen LogP contribution in [0.4, 0.5) is 4.79 Å². The zero-order valence-corrected chi connectivity index (χ0v) is 18.5. The zero-order valence-electron chi connectivity index (χ0n) is 18.5. The summed E-state index contributed by atoms with van der Waals surface area (Å²) < 4.78 is 10.5. The van der Waals surface area contributed by atoms with Crippen molar-refractivity contribution in [3.8, 4) is 11.1 Å². The van der Waals surface area contributed by atoms with E-state index < -0.39 is 35.5 Å². The number of nitrogens with zero attached hydrogens (tertiary/aromatic N) is 1. The molecule has 0 radical (unpaired) electrons. The Hall–Kier alpha value is -3.15. The highest BCUT2D eigenvalue weighted by atomic mass is 16.6. The van der Waals surface area contributed by atoms with Gasteiger partial charge in [0.15, 0.2) is 0 Å². The molecule has 6 nitrogen and oxygen atoms in total. The standard InChI is InChI=1S/C25H29NO5/c1-5-30-23(28)21-16-20(22(27)26(21)24(29)31-25(2,3)4)15-17-11-13-19(14-12-17)18-9-7-6-8-10-18/h6-14,20-21H,5,15-16H2,1-4H3/t20-,21+/m0/s1. The minimum atomic E-state index is -0.962. The molecule has 0 aliphatic carbocycles. The first-order chi connectivity index (χ1) is 14.7. The first-order valence-electron chi connectivity index (χ1n) is 10.6. The number of esters is 1. The Balaban J connectivity index is 1.77. The fourth-order valence-electron chi connectivity index (χ4n) is 3.71. The van der Waals surface area contributed by atoms with Gasteiger partial charge >= 0.3 is 12.1 Å². The van der Waals surface area contributed by atoms with E-state index in [1.807, 2.05) is 54.6 Å². The van der Waals surface area contributed by atoms with E-state index in [0.29, 0.717) is 6.42 Å². The number of carbonyl (C=O) groups excluding carboxylic acids is 3. The number of hydrogen-bond acceptors (Lipinski definition) is 5. The molecule has 1 aliphatic rings. The lowest BCUT2D eigenvalue weighted by molar-refractivity contribution is -0.151. The Kier molecular flexibility index (Phi) is 6.78. The van der Waals surface area contributed by atoms with Crippen LogP contribution in [-0.4, -0.2) is 41.1 Å². The lowest BCUT2D eigenvalue weighted by Gasteiger charge is -2.26. The second kappa shape index (κ2) is 9.33. The van der Waals surface area contributed by atoms with Gasteiger partial charge in [-0.2, -0.15) is 0 Å². The summed E-state index contributed by atoms with van der Waals surface area (Å²) in [6.07, 6.45) is -0.155. The van der Waals surface area contributed by atoms with Gasteiger partial charge in [-0.3, -0.25) is 4.79 Å². The first-order valence-corrected chi connectivity index (χ1v) is 10.6. The molecule has 6 heteroatoms. The summed E-state index contributed by atoms with van der Waals surface area (Å²) in [5, 5.41) is 0. The van der Waals surface area contributed by atoms with Crippen molar-refractivity contribution in [2.75, 3.05) is 6.61 Å². The Labute approximate surface area is 183 Å². The molecule has 0 saturated carbocycles. The minimum Gasteiger partial charge on any atom is -0.464 e. The third-order valence-corrected chi connectivity index (χ3v) is 5.10. The van der Waals surface area contributed by atoms with Gasteiger partial charge in [0, 0.05) is 5.92 Å². The van der Waals surface area contributed by atoms with Crippen molar-refractivity contribution in [3.63, 3.8) is 0 Å². The van der Waals surface area contributed by atoms with Crippen LogP contribution in [0.5, 0.6) is 0 Å². The quantitative estimate of drug-likeness (QED) is 0.657. The normalized spacial score (nSPS) is 18.7. The van der Waals surface area contributed by atoms with Gasteiger partial charge in [-0.25, -0.2) is 14.5 Å². The Morgan fingerprint density at radius 2 is 1.61 bits per heavy atom. The van der Waals surface area contributed by atoms with Crippen LogP contribution < -0.4 is 0 Å². The zero-order chi connectivity index (χ0) is 22.6. The van der Waals surface area contributed by atoms with Crippen molar-refractivity contribution >= 4 is 18.0 Å². The van der Waals surface area contributed by atoms with Crippen molar-refractivity contribution in [1.82, 2.24) is 4.90 Å². The molecule has 164 valence electrons. The molecule has 0 bridgehead atoms. The summed E-state index contributed by atoms with van der Waals surface area (Å²) in [5.74, 6) is -1.48. The smallest absolute Gasteiger partial charge is 0.417 e. The Morgan fingerprint density at radius 3 is 2.19 bits per heavy atom. The topological polar surface area (TPSA) is 72.9 Å². The molecule has 31 heavy (non-hydrogen) atoms. The van der Waals surface area contributed by atoms with Crippen molar-refractivity contribution in [1.29, 1.82) is 0 Å². The second-order valence-corrected chi connectivity index (χ2v) is 8.66. The summed E-state index contributed by atoms with van der Waals surface area (Å²) in [7, 11) is 0. The van der Waals surface area contributed by atoms with E-state index in [1.165, 1.54) is 0 Å². The third-order valence-electron chi connectivity index (χ3n) is 5.10. The van der Waals surface area contributed by atoms with Crippen molar-refractivity contribution < 1.29 is 23.9 Å². The van der Waals surface area contributed by atoms with Crippen LogP contribution in [0, 0.1) is 5.92 Å². The molecule has 2 aromatic carbocycles. The maximum Gasteiger partial charge on any atom is 0.417 e. The highest BCUT2D eigenvalue weighted by Crippen LogP contribution is 2.31. The predicted octanol–water partition coefficient (Wildman–Crippen LogP) is 4.61. The lowest BCUT2D eigenvalue weighted by Crippen LogP contribution is -2.46. The maximum absolute atomic E-state index is 13.1. The van der Waals surface area contributed by atoms with Gasteiger partial charge < -0.3 is 9.47 Å². The van der Waals surface area contributed by atoms with Gasteiger partial charge in [-0.15, -0.1) is 0 Å². The van der Waals surface area contributed by atoms with E-state index in [-0.39, 0.29) is 13.0 Å². The van der Waals surface area contributed by atoms with Gasteiger partial charge in [0.25, 0.3) is 0 Å². The van der Waals surface area contributed by atoms with E-state index in [2.05, 4.69) is 0 Å². The molecule has 1 fully saturated rings. The lowest BCUT2D eigenvalue weighted by atomic mass is 9.94. The van der Waals surface area contributed by atoms with Gasteiger partial charge in [-0.05, 0) is 57.2 Å². The summed E-state index contributed by atoms with van der Waals surface area (Å²) >= 11 is 0. The number of imide groups is 1. The van der Waals surface area contributed by atoms with Gasteiger partial charge in [0.2, 0.25) is 5.91 Å². The summed E-state index contributed by atoms with van der Waals surface area (Å²) in [5.41, 5.74) is 2.39. The molecule has 0 spiro atoms. The summed E-state index contributed by atoms with van der Waals surface area (Å²) in [6.45, 7) is 7.03. The largest absolute Gasteiger partial charge is 0.464 e. The Bertz CT molecular complexity index is 931. The molecule has 1 heterocycles. The van der Waals surface area contributed by atoms with Crippen LogP contribution in [0.15, 0.2) is 54.6 Å². The van der Waals surface area contributed by atoms with E-state index in [9.17, 15) is 14.4 Å². The molecule has 1 aliphatic heterocycles.